The normalized spacial score (nSPS) is 16.8. The van der Waals surface area contributed by atoms with E-state index in [0.717, 1.165) is 35.1 Å². The Balaban J connectivity index is 1.22. The Morgan fingerprint density at radius 2 is 0.923 bits per heavy atom. The second-order valence-corrected chi connectivity index (χ2v) is 38.3. The number of allylic oxidation sites excluding steroid dienone is 2. The number of benzene rings is 4. The molecule has 0 bridgehead atoms. The molecule has 0 aliphatic heterocycles. The number of rotatable bonds is 9. The molecule has 0 spiro atoms. The molecule has 2 heterocycles. The van der Waals surface area contributed by atoms with Crippen LogP contribution in [0.5, 0.6) is 0 Å². The molecule has 0 saturated carbocycles. The van der Waals surface area contributed by atoms with E-state index < -0.39 is 24.4 Å². The predicted molar refractivity (Wildman–Crippen MR) is 219 cm³/mol. The summed E-state index contributed by atoms with van der Waals surface area (Å²) in [4.78, 5) is 0. The van der Waals surface area contributed by atoms with Crippen LogP contribution in [0.4, 0.5) is 0 Å². The number of aryl methyl sites for hydroxylation is 6. The zero-order valence-electron chi connectivity index (χ0n) is 30.6. The standard InChI is InChI=1S/C46H43O2Si.2ClH.Zr/c1-27-7-15-33(16-8-27)45-29(3)11-19-35-39(45)23-37(43-21-13-31(5)47-43)41(35)25-49-26-42-36-20-12-30(4)46(34-17-9-28(2)10-18-34)40(36)24-38(42)44-22-14-32(6)48-44;;;/h7-24,41-42,49H,25-26H2,1-6H3;2*1H;/q;;;+2/p-2. The van der Waals surface area contributed by atoms with Gasteiger partial charge >= 0.3 is 326 Å². The van der Waals surface area contributed by atoms with Crippen LogP contribution in [0.3, 0.4) is 0 Å². The van der Waals surface area contributed by atoms with E-state index in [2.05, 4.69) is 137 Å². The van der Waals surface area contributed by atoms with E-state index in [1.54, 1.807) is 0 Å². The van der Waals surface area contributed by atoms with E-state index in [1.165, 1.54) is 77.9 Å². The van der Waals surface area contributed by atoms with Crippen molar-refractivity contribution < 1.29 is 27.4 Å². The summed E-state index contributed by atoms with van der Waals surface area (Å²) in [7, 11) is 14.6. The van der Waals surface area contributed by atoms with Gasteiger partial charge in [-0.2, -0.15) is 0 Å². The van der Waals surface area contributed by atoms with Gasteiger partial charge in [0.1, 0.15) is 0 Å². The van der Waals surface area contributed by atoms with E-state index >= 15 is 0 Å². The molecule has 52 heavy (non-hydrogen) atoms. The van der Waals surface area contributed by atoms with Crippen LogP contribution in [0, 0.1) is 41.5 Å². The third-order valence-electron chi connectivity index (χ3n) is 11.2. The monoisotopic (exact) mass is 815 g/mol. The topological polar surface area (TPSA) is 26.3 Å². The first-order chi connectivity index (χ1) is 25.0. The third-order valence-corrected chi connectivity index (χ3v) is 32.8. The van der Waals surface area contributed by atoms with Crippen LogP contribution in [-0.2, 0) is 18.5 Å². The molecule has 2 aliphatic rings. The first kappa shape index (κ1) is 35.6. The molecule has 0 saturated heterocycles. The van der Waals surface area contributed by atoms with Crippen LogP contribution in [0.15, 0.2) is 106 Å². The predicted octanol–water partition coefficient (Wildman–Crippen LogP) is 13.7. The van der Waals surface area contributed by atoms with Crippen LogP contribution in [0.2, 0.25) is 12.1 Å². The summed E-state index contributed by atoms with van der Waals surface area (Å²) < 4.78 is 12.7. The van der Waals surface area contributed by atoms with Gasteiger partial charge in [-0.25, -0.2) is 0 Å². The van der Waals surface area contributed by atoms with Gasteiger partial charge in [-0.1, -0.05) is 0 Å². The van der Waals surface area contributed by atoms with Gasteiger partial charge in [0.25, 0.3) is 0 Å². The zero-order valence-corrected chi connectivity index (χ0v) is 35.7. The van der Waals surface area contributed by atoms with Crippen molar-refractivity contribution in [1.82, 2.24) is 0 Å². The first-order valence-electron chi connectivity index (χ1n) is 18.2. The van der Waals surface area contributed by atoms with Crippen LogP contribution >= 0.6 is 17.0 Å². The van der Waals surface area contributed by atoms with Crippen molar-refractivity contribution in [3.8, 4) is 22.3 Å². The summed E-state index contributed by atoms with van der Waals surface area (Å²) in [6.07, 6.45) is 4.80. The maximum atomic E-state index is 7.32. The van der Waals surface area contributed by atoms with Crippen LogP contribution in [-0.4, -0.2) is 5.92 Å². The number of halogens is 2. The van der Waals surface area contributed by atoms with Crippen LogP contribution < -0.4 is 0 Å². The second kappa shape index (κ2) is 14.4. The Labute approximate surface area is 323 Å². The van der Waals surface area contributed by atoms with Crippen molar-refractivity contribution in [2.24, 2.45) is 0 Å². The van der Waals surface area contributed by atoms with Gasteiger partial charge in [-0.15, -0.1) is 0 Å². The molecular formula is C46H43Cl2O2SiZr. The van der Waals surface area contributed by atoms with Crippen molar-refractivity contribution in [2.75, 3.05) is 0 Å². The molecule has 2 nitrogen and oxygen atoms in total. The van der Waals surface area contributed by atoms with Crippen molar-refractivity contribution >= 4 is 46.2 Å². The van der Waals surface area contributed by atoms with Crippen molar-refractivity contribution in [2.45, 2.75) is 65.5 Å². The fourth-order valence-corrected chi connectivity index (χ4v) is 23.6. The van der Waals surface area contributed by atoms with Gasteiger partial charge < -0.3 is 0 Å². The van der Waals surface area contributed by atoms with Gasteiger partial charge in [-0.3, -0.25) is 0 Å². The van der Waals surface area contributed by atoms with Gasteiger partial charge in [0, 0.05) is 0 Å². The Bertz CT molecular complexity index is 2200. The van der Waals surface area contributed by atoms with Crippen LogP contribution in [0.1, 0.15) is 79.4 Å². The summed E-state index contributed by atoms with van der Waals surface area (Å²) in [6.45, 7) is 12.8. The molecule has 2 atom stereocenters. The molecule has 2 aliphatic carbocycles. The fraction of sp³-hybridized carbons (Fsp3) is 0.217. The van der Waals surface area contributed by atoms with Crippen LogP contribution in [0.25, 0.3) is 45.6 Å². The third kappa shape index (κ3) is 6.66. The molecule has 2 aromatic heterocycles. The van der Waals surface area contributed by atoms with E-state index in [-0.39, 0.29) is 11.8 Å². The molecule has 0 amide bonds. The van der Waals surface area contributed by atoms with Gasteiger partial charge in [0.2, 0.25) is 0 Å². The molecule has 261 valence electrons. The van der Waals surface area contributed by atoms with Crippen molar-refractivity contribution in [3.05, 3.63) is 165 Å². The summed E-state index contributed by atoms with van der Waals surface area (Å²) >= 11 is -2.74. The van der Waals surface area contributed by atoms with E-state index in [1.807, 2.05) is 13.8 Å². The molecule has 4 aromatic carbocycles. The van der Waals surface area contributed by atoms with Crippen molar-refractivity contribution in [3.63, 3.8) is 0 Å². The Morgan fingerprint density at radius 3 is 1.27 bits per heavy atom. The number of furan rings is 2. The molecule has 0 fully saturated rings. The SMILES string of the molecule is Cc1ccc(-c2c(C)ccc3c2C=C(c2ccc(C)o2)C3C[SiH](CC2C(c3ccc(C)o3)=Cc3c2ccc(C)c3-c2ccc(C)cc2)[Zr]([Cl])[Cl])cc1. The van der Waals surface area contributed by atoms with Crippen molar-refractivity contribution in [1.29, 1.82) is 0 Å². The first-order valence-corrected chi connectivity index (χ1v) is 31.0. The summed E-state index contributed by atoms with van der Waals surface area (Å²) in [6, 6.07) is 37.6. The average Bonchev–Trinajstić information content (AvgIpc) is 3.91. The number of hydrogen-bond donors (Lipinski definition) is 0. The number of hydrogen-bond acceptors (Lipinski definition) is 2. The molecule has 0 radical (unpaired) electrons. The Kier molecular flexibility index (Phi) is 9.89. The number of fused-ring (bicyclic) bond motifs is 2. The quantitative estimate of drug-likeness (QED) is 0.136. The Hall–Kier alpha value is -3.40. The molecule has 8 rings (SSSR count). The second-order valence-electron chi connectivity index (χ2n) is 14.8. The molecule has 2 unspecified atom stereocenters. The van der Waals surface area contributed by atoms with Gasteiger partial charge in [-0.05, 0) is 0 Å². The summed E-state index contributed by atoms with van der Waals surface area (Å²) in [5, 5.41) is 0. The fourth-order valence-electron chi connectivity index (χ4n) is 8.48. The summed E-state index contributed by atoms with van der Waals surface area (Å²) in [5.74, 6) is 2.40. The molecule has 6 heteroatoms. The van der Waals surface area contributed by atoms with E-state index in [0.29, 0.717) is 0 Å². The molecule has 0 N–H and O–H groups in total. The molecule has 6 aromatic rings. The van der Waals surface area contributed by atoms with E-state index in [4.69, 9.17) is 25.9 Å². The summed E-state index contributed by atoms with van der Waals surface area (Å²) in [5.41, 5.74) is 18.0. The minimum absolute atomic E-state index is 0.176. The van der Waals surface area contributed by atoms with Gasteiger partial charge in [0.15, 0.2) is 0 Å². The minimum atomic E-state index is -2.74. The van der Waals surface area contributed by atoms with E-state index in [9.17, 15) is 0 Å². The zero-order chi connectivity index (χ0) is 36.3. The Morgan fingerprint density at radius 1 is 0.519 bits per heavy atom. The maximum absolute atomic E-state index is 7.32. The van der Waals surface area contributed by atoms with Gasteiger partial charge in [0.05, 0.1) is 0 Å². The average molecular weight is 818 g/mol. The molecular weight excluding hydrogens is 775 g/mol.